The van der Waals surface area contributed by atoms with Gasteiger partial charge in [-0.1, -0.05) is 167 Å². The first-order valence-electron chi connectivity index (χ1n) is 24.8. The molecule has 10 rings (SSSR count). The number of fused-ring (bicyclic) bond motifs is 6. The quantitative estimate of drug-likeness (QED) is 0.146. The summed E-state index contributed by atoms with van der Waals surface area (Å²) in [7, 11) is 0. The van der Waals surface area contributed by atoms with Crippen molar-refractivity contribution in [1.29, 1.82) is 0 Å². The molecule has 4 bridgehead atoms. The first-order chi connectivity index (χ1) is 32.5. The minimum Gasteiger partial charge on any atom is -0.313 e. The van der Waals surface area contributed by atoms with Crippen molar-refractivity contribution in [1.82, 2.24) is 0 Å². The van der Waals surface area contributed by atoms with Gasteiger partial charge < -0.3 is 9.80 Å². The molecule has 0 saturated heterocycles. The van der Waals surface area contributed by atoms with Gasteiger partial charge in [-0.05, 0) is 188 Å². The van der Waals surface area contributed by atoms with Crippen LogP contribution in [0.2, 0.25) is 0 Å². The van der Waals surface area contributed by atoms with Gasteiger partial charge in [0, 0.05) is 39.8 Å². The van der Waals surface area contributed by atoms with Crippen molar-refractivity contribution in [3.8, 4) is 0 Å². The maximum atomic E-state index is 3.89. The molecule has 0 aliphatic heterocycles. The predicted octanol–water partition coefficient (Wildman–Crippen LogP) is 17.4. The molecule has 344 valence electrons. The number of anilines is 3. The van der Waals surface area contributed by atoms with Crippen molar-refractivity contribution in [2.75, 3.05) is 9.80 Å². The fraction of sp³-hybridized carbons (Fsp3) is 0.273. The van der Waals surface area contributed by atoms with E-state index in [1.165, 1.54) is 106 Å². The molecule has 0 radical (unpaired) electrons. The van der Waals surface area contributed by atoms with Crippen LogP contribution in [-0.4, -0.2) is 0 Å². The van der Waals surface area contributed by atoms with Gasteiger partial charge in [-0.3, -0.25) is 0 Å². The van der Waals surface area contributed by atoms with Crippen LogP contribution in [0.15, 0.2) is 221 Å². The van der Waals surface area contributed by atoms with E-state index in [1.807, 2.05) is 12.2 Å². The standard InChI is InChI=1S/C66H70N2/c1-13-14-15-18-43(2)33-51-26-25-48(7)61(40-51)67(59-34-44(3)21-23-46(59)5)62-41-63(56-30-28-53-37-54(62)29-27-52(36-50(56)9)38-55(39-53)65(10,11)12)68(60-35-45(4)22-24-47(60)6)64-42-66(32-31-49(64)8)57-19-16-17-20-58(57)66/h13-31,34-35,37-42,50,56H,1,32-33,36H2,2-12H3/b15-14-,29-27-,30-28-,43-18-,52-38-,53-37+,55-39+,62-54+,63-41+. The molecule has 6 aliphatic carbocycles. The Morgan fingerprint density at radius 2 is 1.38 bits per heavy atom. The van der Waals surface area contributed by atoms with E-state index in [-0.39, 0.29) is 22.7 Å². The first-order valence-corrected chi connectivity index (χ1v) is 24.8. The van der Waals surface area contributed by atoms with E-state index in [0.29, 0.717) is 0 Å². The third-order valence-electron chi connectivity index (χ3n) is 14.8. The lowest BCUT2D eigenvalue weighted by Gasteiger charge is -2.40. The average Bonchev–Trinajstić information content (AvgIpc) is 3.88. The molecule has 2 unspecified atom stereocenters. The summed E-state index contributed by atoms with van der Waals surface area (Å²) in [6, 6.07) is 30.1. The van der Waals surface area contributed by atoms with Crippen LogP contribution in [0, 0.1) is 51.9 Å². The molecule has 68 heavy (non-hydrogen) atoms. The lowest BCUT2D eigenvalue weighted by Crippen LogP contribution is -2.33. The zero-order valence-electron chi connectivity index (χ0n) is 42.5. The zero-order valence-corrected chi connectivity index (χ0v) is 42.5. The maximum Gasteiger partial charge on any atom is 0.0552 e. The minimum atomic E-state index is -0.0989. The second-order valence-corrected chi connectivity index (χ2v) is 21.3. The molecule has 0 fully saturated rings. The van der Waals surface area contributed by atoms with Crippen molar-refractivity contribution in [2.45, 2.75) is 101 Å². The molecular formula is C66H70N2. The summed E-state index contributed by atoms with van der Waals surface area (Å²) < 4.78 is 0. The highest BCUT2D eigenvalue weighted by Crippen LogP contribution is 2.57. The third-order valence-corrected chi connectivity index (χ3v) is 14.8. The van der Waals surface area contributed by atoms with E-state index in [4.69, 9.17) is 0 Å². The van der Waals surface area contributed by atoms with Gasteiger partial charge in [-0.25, -0.2) is 0 Å². The molecule has 0 N–H and O–H groups in total. The highest BCUT2D eigenvalue weighted by molar-refractivity contribution is 5.80. The van der Waals surface area contributed by atoms with Gasteiger partial charge in [0.2, 0.25) is 0 Å². The van der Waals surface area contributed by atoms with Gasteiger partial charge in [-0.15, -0.1) is 0 Å². The largest absolute Gasteiger partial charge is 0.313 e. The van der Waals surface area contributed by atoms with Gasteiger partial charge >= 0.3 is 0 Å². The van der Waals surface area contributed by atoms with Crippen LogP contribution in [-0.2, 0) is 11.8 Å². The number of rotatable bonds is 10. The molecule has 1 spiro atoms. The molecule has 0 heterocycles. The van der Waals surface area contributed by atoms with Gasteiger partial charge in [0.25, 0.3) is 0 Å². The minimum absolute atomic E-state index is 0.0437. The van der Waals surface area contributed by atoms with Crippen molar-refractivity contribution in [2.24, 2.45) is 17.3 Å². The average molecular weight is 891 g/mol. The topological polar surface area (TPSA) is 6.48 Å². The molecule has 2 atom stereocenters. The molecule has 2 nitrogen and oxygen atoms in total. The molecular weight excluding hydrogens is 821 g/mol. The number of hydrogen-bond acceptors (Lipinski definition) is 2. The monoisotopic (exact) mass is 891 g/mol. The van der Waals surface area contributed by atoms with Crippen LogP contribution in [0.5, 0.6) is 0 Å². The van der Waals surface area contributed by atoms with Crippen LogP contribution in [0.25, 0.3) is 0 Å². The number of benzene rings is 4. The van der Waals surface area contributed by atoms with Crippen LogP contribution in [0.4, 0.5) is 17.1 Å². The summed E-state index contributed by atoms with van der Waals surface area (Å²) in [6.07, 6.45) is 35.8. The number of hydrogen-bond donors (Lipinski definition) is 0. The van der Waals surface area contributed by atoms with Crippen LogP contribution >= 0.6 is 0 Å². The highest BCUT2D eigenvalue weighted by Gasteiger charge is 2.50. The molecule has 0 amide bonds. The second-order valence-electron chi connectivity index (χ2n) is 21.3. The number of allylic oxidation sites excluding steroid dienone is 20. The molecule has 2 heteroatoms. The van der Waals surface area contributed by atoms with Gasteiger partial charge in [0.1, 0.15) is 0 Å². The van der Waals surface area contributed by atoms with Crippen LogP contribution in [0.1, 0.15) is 98.9 Å². The summed E-state index contributed by atoms with van der Waals surface area (Å²) in [4.78, 5) is 5.29. The summed E-state index contributed by atoms with van der Waals surface area (Å²) in [5, 5.41) is 0. The van der Waals surface area contributed by atoms with Gasteiger partial charge in [0.05, 0.1) is 5.70 Å². The Balaban J connectivity index is 1.41. The van der Waals surface area contributed by atoms with Gasteiger partial charge in [-0.2, -0.15) is 0 Å². The molecule has 0 aromatic heterocycles. The van der Waals surface area contributed by atoms with E-state index in [0.717, 1.165) is 25.0 Å². The van der Waals surface area contributed by atoms with Crippen molar-refractivity contribution in [3.05, 3.63) is 266 Å². The summed E-state index contributed by atoms with van der Waals surface area (Å²) in [6.45, 7) is 29.3. The fourth-order valence-corrected chi connectivity index (χ4v) is 10.8. The fourth-order valence-electron chi connectivity index (χ4n) is 10.8. The van der Waals surface area contributed by atoms with E-state index in [1.54, 1.807) is 0 Å². The van der Waals surface area contributed by atoms with E-state index < -0.39 is 0 Å². The normalized spacial score (nSPS) is 24.7. The maximum absolute atomic E-state index is 3.89. The molecule has 4 aromatic carbocycles. The second kappa shape index (κ2) is 18.5. The highest BCUT2D eigenvalue weighted by atomic mass is 15.2. The first kappa shape index (κ1) is 46.5. The Morgan fingerprint density at radius 3 is 2.04 bits per heavy atom. The zero-order chi connectivity index (χ0) is 48.1. The molecule has 6 aliphatic rings. The Hall–Kier alpha value is -6.64. The van der Waals surface area contributed by atoms with E-state index in [2.05, 4.69) is 244 Å². The smallest absolute Gasteiger partial charge is 0.0552 e. The summed E-state index contributed by atoms with van der Waals surface area (Å²) in [5.41, 5.74) is 25.2. The Morgan fingerprint density at radius 1 is 0.735 bits per heavy atom. The van der Waals surface area contributed by atoms with Crippen LogP contribution < -0.4 is 9.80 Å². The molecule has 4 aromatic rings. The lowest BCUT2D eigenvalue weighted by molar-refractivity contribution is 0.468. The van der Waals surface area contributed by atoms with E-state index >= 15 is 0 Å². The summed E-state index contributed by atoms with van der Waals surface area (Å²) in [5.74, 6) is 0.303. The Bertz CT molecular complexity index is 3050. The van der Waals surface area contributed by atoms with Crippen LogP contribution in [0.3, 0.4) is 0 Å². The van der Waals surface area contributed by atoms with Crippen molar-refractivity contribution in [3.63, 3.8) is 0 Å². The van der Waals surface area contributed by atoms with Crippen molar-refractivity contribution >= 4 is 17.1 Å². The lowest BCUT2D eigenvalue weighted by atomic mass is 9.79. The number of aryl methyl sites for hydroxylation is 5. The SMILES string of the molecule is C=C/C=C\C=C(\C)Cc1ccc(C)c(N(C2=C3\C=C/C4=C/C(C(C)(C)C)=C\C(=C\3)\C=C/C(/C(N(C3=CC5(CC=C3C)c3ccccc35)c3cc(C)ccc3C)=C\2)C(C)C4)c2cc(C)ccc2C)c1. The third kappa shape index (κ3) is 9.06. The molecule has 0 saturated carbocycles. The summed E-state index contributed by atoms with van der Waals surface area (Å²) >= 11 is 0. The number of nitrogens with zero attached hydrogens (tertiary/aromatic N) is 2. The van der Waals surface area contributed by atoms with Crippen molar-refractivity contribution < 1.29 is 0 Å². The Labute approximate surface area is 408 Å². The Kier molecular flexibility index (Phi) is 12.6. The van der Waals surface area contributed by atoms with E-state index in [9.17, 15) is 0 Å². The predicted molar refractivity (Wildman–Crippen MR) is 292 cm³/mol. The van der Waals surface area contributed by atoms with Gasteiger partial charge in [0.15, 0.2) is 0 Å².